The number of nitrogens with zero attached hydrogens (tertiary/aromatic N) is 1. The van der Waals surface area contributed by atoms with Crippen molar-refractivity contribution >= 4 is 11.9 Å². The molecule has 1 N–H and O–H groups in total. The Labute approximate surface area is 121 Å². The molecule has 2 rings (SSSR count). The van der Waals surface area contributed by atoms with Crippen molar-refractivity contribution in [3.8, 4) is 0 Å². The molecule has 0 radical (unpaired) electrons. The third kappa shape index (κ3) is 2.62. The van der Waals surface area contributed by atoms with Crippen LogP contribution in [0.15, 0.2) is 18.2 Å². The van der Waals surface area contributed by atoms with Crippen molar-refractivity contribution < 1.29 is 23.5 Å². The first kappa shape index (κ1) is 15.4. The second kappa shape index (κ2) is 5.42. The van der Waals surface area contributed by atoms with Crippen LogP contribution in [-0.4, -0.2) is 35.0 Å². The number of carbonyl (C=O) groups excluding carboxylic acids is 1. The van der Waals surface area contributed by atoms with Gasteiger partial charge in [0.15, 0.2) is 11.6 Å². The Morgan fingerprint density at radius 2 is 1.95 bits per heavy atom. The third-order valence-electron chi connectivity index (χ3n) is 4.29. The molecule has 0 spiro atoms. The van der Waals surface area contributed by atoms with Gasteiger partial charge in [-0.3, -0.25) is 9.59 Å². The maximum Gasteiger partial charge on any atom is 0.311 e. The zero-order valence-corrected chi connectivity index (χ0v) is 11.9. The average Bonchev–Trinajstić information content (AvgIpc) is 2.87. The molecule has 1 aliphatic heterocycles. The van der Waals surface area contributed by atoms with Crippen molar-refractivity contribution in [1.82, 2.24) is 4.90 Å². The molecule has 1 aliphatic rings. The minimum atomic E-state index is -1.09. The summed E-state index contributed by atoms with van der Waals surface area (Å²) in [5.74, 6) is -3.64. The fourth-order valence-electron chi connectivity index (χ4n) is 2.71. The lowest BCUT2D eigenvalue weighted by atomic mass is 9.76. The molecule has 1 atom stereocenters. The van der Waals surface area contributed by atoms with Gasteiger partial charge in [-0.05, 0) is 30.5 Å². The highest BCUT2D eigenvalue weighted by molar-refractivity contribution is 5.95. The lowest BCUT2D eigenvalue weighted by Gasteiger charge is -2.28. The van der Waals surface area contributed by atoms with Crippen LogP contribution >= 0.6 is 0 Å². The van der Waals surface area contributed by atoms with E-state index < -0.39 is 28.9 Å². The summed E-state index contributed by atoms with van der Waals surface area (Å²) in [4.78, 5) is 25.2. The minimum absolute atomic E-state index is 0.0267. The molecular weight excluding hydrogens is 280 g/mol. The highest BCUT2D eigenvalue weighted by atomic mass is 19.2. The number of halogens is 2. The van der Waals surface area contributed by atoms with E-state index in [4.69, 9.17) is 0 Å². The second-order valence-electron chi connectivity index (χ2n) is 5.72. The Morgan fingerprint density at radius 1 is 1.29 bits per heavy atom. The molecule has 1 saturated heterocycles. The zero-order chi connectivity index (χ0) is 15.8. The number of hydrogen-bond acceptors (Lipinski definition) is 2. The van der Waals surface area contributed by atoms with Crippen LogP contribution < -0.4 is 0 Å². The van der Waals surface area contributed by atoms with E-state index in [9.17, 15) is 23.5 Å². The first-order valence-corrected chi connectivity index (χ1v) is 6.75. The Kier molecular flexibility index (Phi) is 3.98. The monoisotopic (exact) mass is 297 g/mol. The predicted octanol–water partition coefficient (Wildman–Crippen LogP) is 2.54. The summed E-state index contributed by atoms with van der Waals surface area (Å²) < 4.78 is 26.1. The predicted molar refractivity (Wildman–Crippen MR) is 71.8 cm³/mol. The van der Waals surface area contributed by atoms with Gasteiger partial charge in [0.05, 0.1) is 5.41 Å². The summed E-state index contributed by atoms with van der Waals surface area (Å²) in [6, 6.07) is 2.94. The van der Waals surface area contributed by atoms with E-state index in [1.807, 2.05) is 0 Å². The largest absolute Gasteiger partial charge is 0.481 e. The summed E-state index contributed by atoms with van der Waals surface area (Å²) in [6.07, 6.45) is 0.357. The Morgan fingerprint density at radius 3 is 2.43 bits per heavy atom. The average molecular weight is 297 g/mol. The SMILES string of the molecule is CC(C)C1(C(=O)O)CCN(C(=O)c2ccc(F)c(F)c2)C1. The zero-order valence-electron chi connectivity index (χ0n) is 11.9. The molecule has 1 aromatic carbocycles. The van der Waals surface area contributed by atoms with Gasteiger partial charge in [0.25, 0.3) is 5.91 Å². The maximum atomic E-state index is 13.2. The smallest absolute Gasteiger partial charge is 0.311 e. The van der Waals surface area contributed by atoms with Crippen LogP contribution in [0, 0.1) is 23.0 Å². The van der Waals surface area contributed by atoms with Gasteiger partial charge in [0.1, 0.15) is 0 Å². The number of carboxylic acid groups (broad SMARTS) is 1. The molecule has 1 aromatic rings. The van der Waals surface area contributed by atoms with Gasteiger partial charge in [-0.25, -0.2) is 8.78 Å². The topological polar surface area (TPSA) is 57.6 Å². The summed E-state index contributed by atoms with van der Waals surface area (Å²) in [6.45, 7) is 3.99. The van der Waals surface area contributed by atoms with Crippen LogP contribution in [-0.2, 0) is 4.79 Å². The first-order chi connectivity index (χ1) is 9.78. The fraction of sp³-hybridized carbons (Fsp3) is 0.467. The van der Waals surface area contributed by atoms with Crippen molar-refractivity contribution in [3.05, 3.63) is 35.4 Å². The van der Waals surface area contributed by atoms with E-state index in [0.29, 0.717) is 13.0 Å². The maximum absolute atomic E-state index is 13.2. The summed E-state index contributed by atoms with van der Waals surface area (Å²) in [5, 5.41) is 9.44. The van der Waals surface area contributed by atoms with E-state index in [1.54, 1.807) is 13.8 Å². The van der Waals surface area contributed by atoms with Crippen molar-refractivity contribution in [3.63, 3.8) is 0 Å². The van der Waals surface area contributed by atoms with Crippen molar-refractivity contribution in [1.29, 1.82) is 0 Å². The molecule has 1 unspecified atom stereocenters. The van der Waals surface area contributed by atoms with E-state index in [1.165, 1.54) is 11.0 Å². The third-order valence-corrected chi connectivity index (χ3v) is 4.29. The van der Waals surface area contributed by atoms with Gasteiger partial charge >= 0.3 is 5.97 Å². The fourth-order valence-corrected chi connectivity index (χ4v) is 2.71. The molecule has 0 aliphatic carbocycles. The summed E-state index contributed by atoms with van der Waals surface area (Å²) >= 11 is 0. The van der Waals surface area contributed by atoms with E-state index in [2.05, 4.69) is 0 Å². The Hall–Kier alpha value is -1.98. The Bertz CT molecular complexity index is 588. The number of likely N-dealkylation sites (tertiary alicyclic amines) is 1. The lowest BCUT2D eigenvalue weighted by Crippen LogP contribution is -2.40. The second-order valence-corrected chi connectivity index (χ2v) is 5.72. The molecular formula is C15H17F2NO3. The molecule has 0 saturated carbocycles. The van der Waals surface area contributed by atoms with Crippen molar-refractivity contribution in [2.75, 3.05) is 13.1 Å². The number of aliphatic carboxylic acids is 1. The Balaban J connectivity index is 2.22. The lowest BCUT2D eigenvalue weighted by molar-refractivity contribution is -0.150. The molecule has 1 fully saturated rings. The van der Waals surface area contributed by atoms with Gasteiger partial charge < -0.3 is 10.0 Å². The summed E-state index contributed by atoms with van der Waals surface area (Å²) in [5.41, 5.74) is -0.951. The molecule has 0 bridgehead atoms. The molecule has 21 heavy (non-hydrogen) atoms. The number of carboxylic acids is 1. The van der Waals surface area contributed by atoms with Crippen LogP contribution in [0.5, 0.6) is 0 Å². The van der Waals surface area contributed by atoms with Gasteiger partial charge in [0.2, 0.25) is 0 Å². The molecule has 0 aromatic heterocycles. The van der Waals surface area contributed by atoms with E-state index >= 15 is 0 Å². The van der Waals surface area contributed by atoms with Gasteiger partial charge in [-0.1, -0.05) is 13.8 Å². The highest BCUT2D eigenvalue weighted by Gasteiger charge is 2.48. The standard InChI is InChI=1S/C15H17F2NO3/c1-9(2)15(14(20)21)5-6-18(8-15)13(19)10-3-4-11(16)12(17)7-10/h3-4,7,9H,5-6,8H2,1-2H3,(H,20,21). The quantitative estimate of drug-likeness (QED) is 0.932. The first-order valence-electron chi connectivity index (χ1n) is 6.75. The molecule has 1 amide bonds. The van der Waals surface area contributed by atoms with Crippen LogP contribution in [0.2, 0.25) is 0 Å². The van der Waals surface area contributed by atoms with Gasteiger partial charge in [-0.2, -0.15) is 0 Å². The van der Waals surface area contributed by atoms with E-state index in [0.717, 1.165) is 12.1 Å². The van der Waals surface area contributed by atoms with Crippen LogP contribution in [0.4, 0.5) is 8.78 Å². The van der Waals surface area contributed by atoms with E-state index in [-0.39, 0.29) is 18.0 Å². The number of hydrogen-bond donors (Lipinski definition) is 1. The normalized spacial score (nSPS) is 21.9. The molecule has 6 heteroatoms. The molecule has 114 valence electrons. The number of carbonyl (C=O) groups is 2. The number of rotatable bonds is 3. The highest BCUT2D eigenvalue weighted by Crippen LogP contribution is 2.38. The number of amides is 1. The van der Waals surface area contributed by atoms with Crippen LogP contribution in [0.3, 0.4) is 0 Å². The molecule has 4 nitrogen and oxygen atoms in total. The minimum Gasteiger partial charge on any atom is -0.481 e. The number of benzene rings is 1. The molecule has 1 heterocycles. The van der Waals surface area contributed by atoms with Gasteiger partial charge in [0, 0.05) is 18.7 Å². The van der Waals surface area contributed by atoms with Crippen LogP contribution in [0.25, 0.3) is 0 Å². The van der Waals surface area contributed by atoms with Gasteiger partial charge in [-0.15, -0.1) is 0 Å². The van der Waals surface area contributed by atoms with Crippen LogP contribution in [0.1, 0.15) is 30.6 Å². The summed E-state index contributed by atoms with van der Waals surface area (Å²) in [7, 11) is 0. The van der Waals surface area contributed by atoms with Crippen molar-refractivity contribution in [2.45, 2.75) is 20.3 Å². The van der Waals surface area contributed by atoms with Crippen molar-refractivity contribution in [2.24, 2.45) is 11.3 Å².